The largest absolute Gasteiger partial charge is 0.344 e. The zero-order valence-corrected chi connectivity index (χ0v) is 20.3. The summed E-state index contributed by atoms with van der Waals surface area (Å²) in [6.07, 6.45) is 11.3. The molecule has 1 heterocycles. The zero-order chi connectivity index (χ0) is 22.6. The van der Waals surface area contributed by atoms with Crippen molar-refractivity contribution < 1.29 is 0 Å². The van der Waals surface area contributed by atoms with Gasteiger partial charge in [0.2, 0.25) is 0 Å². The van der Waals surface area contributed by atoms with Crippen LogP contribution in [0, 0.1) is 0 Å². The van der Waals surface area contributed by atoms with Gasteiger partial charge >= 0.3 is 0 Å². The molecule has 0 amide bonds. The van der Waals surface area contributed by atoms with Gasteiger partial charge in [0.05, 0.1) is 0 Å². The Kier molecular flexibility index (Phi) is 7.05. The number of allylic oxidation sites excluding steroid dienone is 4. The highest BCUT2D eigenvalue weighted by molar-refractivity contribution is 5.89. The summed E-state index contributed by atoms with van der Waals surface area (Å²) in [5, 5.41) is 4.05. The maximum Gasteiger partial charge on any atom is 0.0488 e. The van der Waals surface area contributed by atoms with Crippen LogP contribution in [-0.2, 0) is 12.5 Å². The maximum absolute atomic E-state index is 2.37. The van der Waals surface area contributed by atoms with Crippen molar-refractivity contribution in [1.82, 2.24) is 4.57 Å². The Morgan fingerprint density at radius 2 is 1.48 bits per heavy atom. The topological polar surface area (TPSA) is 4.93 Å². The van der Waals surface area contributed by atoms with Gasteiger partial charge in [0.15, 0.2) is 0 Å². The molecule has 0 radical (unpaired) electrons. The predicted octanol–water partition coefficient (Wildman–Crippen LogP) is 6.89. The number of para-hydroxylation sites is 1. The minimum Gasteiger partial charge on any atom is -0.344 e. The standard InChI is InChI=1S/C16H20.C14H17N/c1-5-9-14-12(6-2)13-10-7-8-11-15(13)16(14,3)4;1-4-8-11-12-9-6-7-10-14(12)15(3)13(11)5-2/h6-11H,5H2,1-4H3;5-10H,4H2,1-3H3/b12-6-,14-9+;11-8-,13-5+. The molecule has 0 spiro atoms. The highest BCUT2D eigenvalue weighted by Crippen LogP contribution is 2.49. The van der Waals surface area contributed by atoms with Crippen LogP contribution >= 0.6 is 0 Å². The minimum absolute atomic E-state index is 0.161. The first-order valence-electron chi connectivity index (χ1n) is 11.6. The number of fused-ring (bicyclic) bond motifs is 2. The van der Waals surface area contributed by atoms with E-state index in [0.29, 0.717) is 0 Å². The number of nitrogens with zero attached hydrogens (tertiary/aromatic N) is 1. The van der Waals surface area contributed by atoms with Crippen LogP contribution in [0.15, 0.2) is 66.3 Å². The van der Waals surface area contributed by atoms with E-state index in [1.807, 2.05) is 0 Å². The Bertz CT molecular complexity index is 1250. The Balaban J connectivity index is 0.000000176. The van der Waals surface area contributed by atoms with Crippen molar-refractivity contribution in [3.8, 4) is 0 Å². The van der Waals surface area contributed by atoms with Gasteiger partial charge in [-0.25, -0.2) is 0 Å². The first-order valence-corrected chi connectivity index (χ1v) is 11.6. The van der Waals surface area contributed by atoms with Gasteiger partial charge in [0.1, 0.15) is 0 Å². The van der Waals surface area contributed by atoms with Crippen LogP contribution in [0.4, 0.5) is 0 Å². The first-order chi connectivity index (χ1) is 14.9. The molecule has 0 saturated carbocycles. The normalized spacial score (nSPS) is 18.5. The van der Waals surface area contributed by atoms with Gasteiger partial charge in [0, 0.05) is 33.9 Å². The molecule has 1 aliphatic carbocycles. The van der Waals surface area contributed by atoms with Crippen LogP contribution in [0.5, 0.6) is 0 Å². The Morgan fingerprint density at radius 3 is 2.13 bits per heavy atom. The van der Waals surface area contributed by atoms with Crippen LogP contribution in [0.3, 0.4) is 0 Å². The van der Waals surface area contributed by atoms with Crippen molar-refractivity contribution in [2.24, 2.45) is 7.05 Å². The number of aromatic nitrogens is 1. The van der Waals surface area contributed by atoms with Crippen LogP contribution in [0.1, 0.15) is 65.5 Å². The maximum atomic E-state index is 2.37. The van der Waals surface area contributed by atoms with Crippen molar-refractivity contribution in [1.29, 1.82) is 0 Å². The van der Waals surface area contributed by atoms with Gasteiger partial charge in [-0.05, 0) is 55.0 Å². The fraction of sp³-hybridized carbons (Fsp3) is 0.333. The second-order valence-electron chi connectivity index (χ2n) is 8.68. The molecule has 1 nitrogen and oxygen atoms in total. The summed E-state index contributed by atoms with van der Waals surface area (Å²) < 4.78 is 2.26. The van der Waals surface area contributed by atoms with Gasteiger partial charge in [-0.1, -0.05) is 94.5 Å². The minimum atomic E-state index is 0.161. The lowest BCUT2D eigenvalue weighted by Gasteiger charge is -2.22. The number of aryl methyl sites for hydroxylation is 1. The first kappa shape index (κ1) is 22.9. The smallest absolute Gasteiger partial charge is 0.0488 e. The fourth-order valence-corrected chi connectivity index (χ4v) is 4.98. The monoisotopic (exact) mass is 411 g/mol. The Hall–Kier alpha value is -2.80. The summed E-state index contributed by atoms with van der Waals surface area (Å²) in [5.41, 5.74) is 7.25. The molecular weight excluding hydrogens is 374 g/mol. The number of rotatable bonds is 2. The third kappa shape index (κ3) is 4.06. The van der Waals surface area contributed by atoms with Crippen LogP contribution in [-0.4, -0.2) is 4.57 Å². The molecule has 0 bridgehead atoms. The van der Waals surface area contributed by atoms with E-state index < -0.39 is 0 Å². The van der Waals surface area contributed by atoms with Gasteiger partial charge in [-0.3, -0.25) is 0 Å². The number of hydrogen-bond acceptors (Lipinski definition) is 0. The lowest BCUT2D eigenvalue weighted by Crippen LogP contribution is -2.27. The van der Waals surface area contributed by atoms with Crippen molar-refractivity contribution in [3.05, 3.63) is 88.0 Å². The highest BCUT2D eigenvalue weighted by atomic mass is 14.9. The molecule has 1 aliphatic rings. The molecule has 0 atom stereocenters. The zero-order valence-electron chi connectivity index (χ0n) is 20.3. The Labute approximate surface area is 188 Å². The molecule has 1 aromatic heterocycles. The molecule has 0 unspecified atom stereocenters. The lowest BCUT2D eigenvalue weighted by molar-refractivity contribution is 0.657. The molecule has 31 heavy (non-hydrogen) atoms. The summed E-state index contributed by atoms with van der Waals surface area (Å²) in [6, 6.07) is 17.3. The van der Waals surface area contributed by atoms with Crippen molar-refractivity contribution in [3.63, 3.8) is 0 Å². The quantitative estimate of drug-likeness (QED) is 0.433. The second kappa shape index (κ2) is 9.56. The number of hydrogen-bond donors (Lipinski definition) is 0. The number of benzene rings is 2. The molecule has 4 rings (SSSR count). The summed E-state index contributed by atoms with van der Waals surface area (Å²) in [6.45, 7) is 13.3. The van der Waals surface area contributed by atoms with E-state index in [4.69, 9.17) is 0 Å². The third-order valence-corrected chi connectivity index (χ3v) is 6.43. The molecule has 1 heteroatoms. The molecule has 0 saturated heterocycles. The lowest BCUT2D eigenvalue weighted by atomic mass is 9.82. The Morgan fingerprint density at radius 1 is 0.839 bits per heavy atom. The highest BCUT2D eigenvalue weighted by Gasteiger charge is 2.36. The van der Waals surface area contributed by atoms with Crippen molar-refractivity contribution in [2.45, 2.75) is 59.8 Å². The van der Waals surface area contributed by atoms with E-state index in [-0.39, 0.29) is 5.41 Å². The van der Waals surface area contributed by atoms with E-state index in [1.54, 1.807) is 0 Å². The molecular formula is C30H37N. The summed E-state index contributed by atoms with van der Waals surface area (Å²) in [7, 11) is 2.13. The van der Waals surface area contributed by atoms with Crippen molar-refractivity contribution in [2.75, 3.05) is 0 Å². The van der Waals surface area contributed by atoms with E-state index in [1.165, 1.54) is 43.7 Å². The van der Waals surface area contributed by atoms with Crippen molar-refractivity contribution >= 4 is 28.6 Å². The van der Waals surface area contributed by atoms with Crippen LogP contribution in [0.25, 0.3) is 28.6 Å². The van der Waals surface area contributed by atoms with Gasteiger partial charge in [-0.15, -0.1) is 0 Å². The van der Waals surface area contributed by atoms with E-state index >= 15 is 0 Å². The van der Waals surface area contributed by atoms with E-state index in [0.717, 1.165) is 12.8 Å². The molecule has 3 aromatic rings. The summed E-state index contributed by atoms with van der Waals surface area (Å²) in [4.78, 5) is 0. The van der Waals surface area contributed by atoms with Crippen LogP contribution in [0.2, 0.25) is 0 Å². The second-order valence-corrected chi connectivity index (χ2v) is 8.68. The fourth-order valence-electron chi connectivity index (χ4n) is 4.98. The molecule has 0 N–H and O–H groups in total. The average Bonchev–Trinajstić information content (AvgIpc) is 3.17. The van der Waals surface area contributed by atoms with Crippen LogP contribution < -0.4 is 10.6 Å². The predicted molar refractivity (Wildman–Crippen MR) is 139 cm³/mol. The van der Waals surface area contributed by atoms with Gasteiger partial charge < -0.3 is 4.57 Å². The van der Waals surface area contributed by atoms with E-state index in [9.17, 15) is 0 Å². The molecule has 162 valence electrons. The SMILES string of the molecule is C/C=C1\C(=C/CC)C(C)(C)c2ccccc21.C/C=c1\c(=C/CC)c2ccccc2n1C. The molecule has 2 aromatic carbocycles. The summed E-state index contributed by atoms with van der Waals surface area (Å²) >= 11 is 0. The summed E-state index contributed by atoms with van der Waals surface area (Å²) in [5.74, 6) is 0. The van der Waals surface area contributed by atoms with E-state index in [2.05, 4.69) is 126 Å². The van der Waals surface area contributed by atoms with Gasteiger partial charge in [-0.2, -0.15) is 0 Å². The van der Waals surface area contributed by atoms with Gasteiger partial charge in [0.25, 0.3) is 0 Å². The third-order valence-electron chi connectivity index (χ3n) is 6.43. The molecule has 0 fully saturated rings. The molecule has 0 aliphatic heterocycles. The average molecular weight is 412 g/mol.